The van der Waals surface area contributed by atoms with E-state index in [1.807, 2.05) is 53.8 Å². The van der Waals surface area contributed by atoms with Crippen LogP contribution in [0.1, 0.15) is 0 Å². The predicted octanol–water partition coefficient (Wildman–Crippen LogP) is 13.8. The second-order valence-electron chi connectivity index (χ2n) is 14.5. The summed E-state index contributed by atoms with van der Waals surface area (Å²) in [5.74, 6) is 0.775. The molecule has 6 heterocycles. The molecule has 13 aromatic rings. The molecule has 0 atom stereocenters. The monoisotopic (exact) mass is 892 g/mol. The molecule has 6 nitrogen and oxygen atoms in total. The maximum absolute atomic E-state index is 9.15. The molecular weight excluding hydrogens is 863 g/mol. The fraction of sp³-hybridized carbons (Fsp3) is 0. The summed E-state index contributed by atoms with van der Waals surface area (Å²) in [6, 6.07) is 56.0. The SMILES string of the molecule is Clc1ncc2sc3ccccc3c2n1.OB(O)c1ccc2sc3ccccc3c2c1.c1ccc(-c2nc(-c3ccc4sc5ccccc5c4c3)nc3c2sc2ccccc23)cc1. The zero-order valence-corrected chi connectivity index (χ0v) is 36.5. The molecule has 0 aliphatic rings. The summed E-state index contributed by atoms with van der Waals surface area (Å²) in [4.78, 5) is 18.4. The summed E-state index contributed by atoms with van der Waals surface area (Å²) in [5.41, 5.74) is 5.69. The van der Waals surface area contributed by atoms with Gasteiger partial charge in [-0.25, -0.2) is 19.9 Å². The van der Waals surface area contributed by atoms with Gasteiger partial charge in [0.25, 0.3) is 0 Å². The third-order valence-electron chi connectivity index (χ3n) is 10.7. The summed E-state index contributed by atoms with van der Waals surface area (Å²) in [7, 11) is -1.40. The Hall–Kier alpha value is -6.15. The van der Waals surface area contributed by atoms with Gasteiger partial charge in [-0.3, -0.25) is 0 Å². The number of benzene rings is 7. The zero-order valence-electron chi connectivity index (χ0n) is 32.4. The van der Waals surface area contributed by atoms with E-state index in [0.29, 0.717) is 10.7 Å². The Morgan fingerprint density at radius 3 is 1.60 bits per heavy atom. The van der Waals surface area contributed by atoms with E-state index in [4.69, 9.17) is 31.6 Å². The van der Waals surface area contributed by atoms with E-state index >= 15 is 0 Å². The molecule has 12 heteroatoms. The van der Waals surface area contributed by atoms with Gasteiger partial charge < -0.3 is 10.0 Å². The van der Waals surface area contributed by atoms with Crippen LogP contribution in [0.5, 0.6) is 0 Å². The molecule has 2 N–H and O–H groups in total. The second kappa shape index (κ2) is 16.3. The summed E-state index contributed by atoms with van der Waals surface area (Å²) in [5, 5.41) is 25.8. The zero-order chi connectivity index (χ0) is 41.7. The average molecular weight is 893 g/mol. The molecule has 0 amide bonds. The average Bonchev–Trinajstić information content (AvgIpc) is 4.09. The smallest absolute Gasteiger partial charge is 0.423 e. The molecule has 7 aromatic carbocycles. The van der Waals surface area contributed by atoms with Crippen LogP contribution in [-0.2, 0) is 0 Å². The molecule has 0 saturated carbocycles. The Kier molecular flexibility index (Phi) is 10.2. The van der Waals surface area contributed by atoms with Crippen LogP contribution in [0.4, 0.5) is 0 Å². The maximum Gasteiger partial charge on any atom is 0.488 e. The first kappa shape index (κ1) is 38.8. The van der Waals surface area contributed by atoms with Crippen LogP contribution in [0.2, 0.25) is 5.28 Å². The van der Waals surface area contributed by atoms with E-state index in [1.165, 1.54) is 49.7 Å². The minimum Gasteiger partial charge on any atom is -0.423 e. The van der Waals surface area contributed by atoms with Crippen molar-refractivity contribution in [3.8, 4) is 22.6 Å². The second-order valence-corrected chi connectivity index (χ2v) is 19.2. The van der Waals surface area contributed by atoms with Crippen LogP contribution in [0.15, 0.2) is 170 Å². The van der Waals surface area contributed by atoms with E-state index in [1.54, 1.807) is 46.3 Å². The van der Waals surface area contributed by atoms with Gasteiger partial charge in [-0.1, -0.05) is 115 Å². The first-order valence-corrected chi connectivity index (χ1v) is 23.3. The maximum atomic E-state index is 9.15. The van der Waals surface area contributed by atoms with Gasteiger partial charge in [0.2, 0.25) is 5.28 Å². The van der Waals surface area contributed by atoms with Gasteiger partial charge >= 0.3 is 7.12 Å². The van der Waals surface area contributed by atoms with Crippen molar-refractivity contribution in [1.82, 2.24) is 19.9 Å². The molecular formula is C50H30BClN4O2S4. The molecule has 0 unspecified atom stereocenters. The van der Waals surface area contributed by atoms with Crippen LogP contribution >= 0.6 is 56.9 Å². The van der Waals surface area contributed by atoms with Crippen molar-refractivity contribution in [2.75, 3.05) is 0 Å². The lowest BCUT2D eigenvalue weighted by Gasteiger charge is -2.07. The minimum atomic E-state index is -1.40. The van der Waals surface area contributed by atoms with Gasteiger partial charge in [0.15, 0.2) is 5.82 Å². The van der Waals surface area contributed by atoms with Gasteiger partial charge in [0, 0.05) is 72.5 Å². The lowest BCUT2D eigenvalue weighted by atomic mass is 9.80. The molecule has 0 bridgehead atoms. The molecule has 0 fully saturated rings. The third-order valence-corrected chi connectivity index (χ3v) is 15.4. The lowest BCUT2D eigenvalue weighted by Crippen LogP contribution is -2.29. The highest BCUT2D eigenvalue weighted by Crippen LogP contribution is 2.41. The molecule has 0 spiro atoms. The molecule has 6 aromatic heterocycles. The highest BCUT2D eigenvalue weighted by Gasteiger charge is 2.18. The first-order chi connectivity index (χ1) is 30.4. The van der Waals surface area contributed by atoms with Gasteiger partial charge in [-0.15, -0.1) is 45.3 Å². The Balaban J connectivity index is 0.000000119. The number of hydrogen-bond acceptors (Lipinski definition) is 10. The topological polar surface area (TPSA) is 92.0 Å². The van der Waals surface area contributed by atoms with Gasteiger partial charge in [-0.2, -0.15) is 0 Å². The largest absolute Gasteiger partial charge is 0.488 e. The van der Waals surface area contributed by atoms with Crippen molar-refractivity contribution in [2.24, 2.45) is 0 Å². The number of aromatic nitrogens is 4. The van der Waals surface area contributed by atoms with E-state index in [-0.39, 0.29) is 0 Å². The normalized spacial score (nSPS) is 11.5. The third kappa shape index (κ3) is 7.17. The van der Waals surface area contributed by atoms with Crippen LogP contribution in [0.25, 0.3) is 104 Å². The Morgan fingerprint density at radius 1 is 0.419 bits per heavy atom. The highest BCUT2D eigenvalue weighted by molar-refractivity contribution is 7.27. The number of thiophene rings is 4. The molecule has 13 rings (SSSR count). The number of rotatable bonds is 3. The molecule has 0 radical (unpaired) electrons. The number of fused-ring (bicyclic) bond motifs is 12. The van der Waals surface area contributed by atoms with Crippen LogP contribution in [0.3, 0.4) is 0 Å². The summed E-state index contributed by atoms with van der Waals surface area (Å²) in [6.07, 6.45) is 1.77. The fourth-order valence-corrected chi connectivity index (χ4v) is 12.2. The van der Waals surface area contributed by atoms with Gasteiger partial charge in [0.05, 0.1) is 26.1 Å². The van der Waals surface area contributed by atoms with Gasteiger partial charge in [0.1, 0.15) is 0 Å². The summed E-state index contributed by atoms with van der Waals surface area (Å²) >= 11 is 12.8. The Morgan fingerprint density at radius 2 is 0.935 bits per heavy atom. The van der Waals surface area contributed by atoms with Crippen molar-refractivity contribution in [2.45, 2.75) is 0 Å². The van der Waals surface area contributed by atoms with Gasteiger partial charge in [-0.05, 0) is 71.0 Å². The van der Waals surface area contributed by atoms with E-state index in [9.17, 15) is 0 Å². The van der Waals surface area contributed by atoms with Crippen molar-refractivity contribution in [1.29, 1.82) is 0 Å². The summed E-state index contributed by atoms with van der Waals surface area (Å²) < 4.78 is 9.68. The molecule has 0 aliphatic heterocycles. The quantitative estimate of drug-likeness (QED) is 0.136. The first-order valence-electron chi connectivity index (χ1n) is 19.7. The number of hydrogen-bond donors (Lipinski definition) is 2. The van der Waals surface area contributed by atoms with E-state index in [2.05, 4.69) is 125 Å². The molecule has 296 valence electrons. The number of halogens is 1. The number of nitrogens with zero attached hydrogens (tertiary/aromatic N) is 4. The van der Waals surface area contributed by atoms with Crippen LogP contribution < -0.4 is 5.46 Å². The van der Waals surface area contributed by atoms with Crippen LogP contribution in [0, 0.1) is 0 Å². The van der Waals surface area contributed by atoms with Crippen LogP contribution in [-0.4, -0.2) is 37.1 Å². The van der Waals surface area contributed by atoms with Crippen molar-refractivity contribution >= 4 is 150 Å². The van der Waals surface area contributed by atoms with E-state index in [0.717, 1.165) is 53.9 Å². The van der Waals surface area contributed by atoms with Crippen molar-refractivity contribution in [3.63, 3.8) is 0 Å². The van der Waals surface area contributed by atoms with Crippen molar-refractivity contribution in [3.05, 3.63) is 175 Å². The Bertz CT molecular complexity index is 3790. The molecule has 62 heavy (non-hydrogen) atoms. The standard InChI is InChI=1S/C28H16N2S2.C12H9BO2S.C10H5ClN2S/c1-2-8-17(9-3-1)25-27-26(20-11-5-7-13-23(20)32-27)30-28(29-25)18-14-15-24-21(16-18)19-10-4-6-12-22(19)31-24;14-13(15)8-5-6-12-10(7-8)9-3-1-2-4-11(9)16-12;11-10-12-5-8-9(13-10)6-3-1-2-4-7(6)14-8/h1-16H;1-7,14-15H;1-5H. The Labute approximate surface area is 375 Å². The molecule has 0 saturated heterocycles. The predicted molar refractivity (Wildman–Crippen MR) is 268 cm³/mol. The minimum absolute atomic E-state index is 0.307. The lowest BCUT2D eigenvalue weighted by molar-refractivity contribution is 0.426. The molecule has 0 aliphatic carbocycles. The van der Waals surface area contributed by atoms with E-state index < -0.39 is 7.12 Å². The fourth-order valence-electron chi connectivity index (χ4n) is 7.77. The van der Waals surface area contributed by atoms with Crippen molar-refractivity contribution < 1.29 is 10.0 Å². The summed E-state index contributed by atoms with van der Waals surface area (Å²) in [6.45, 7) is 0. The highest BCUT2D eigenvalue weighted by atomic mass is 35.5.